The average Bonchev–Trinajstić information content (AvgIpc) is 2.68. The summed E-state index contributed by atoms with van der Waals surface area (Å²) < 4.78 is 26.6. The second kappa shape index (κ2) is 5.21. The first kappa shape index (κ1) is 13.2. The van der Waals surface area contributed by atoms with E-state index in [4.69, 9.17) is 0 Å². The van der Waals surface area contributed by atoms with Crippen molar-refractivity contribution in [3.8, 4) is 0 Å². The Morgan fingerprint density at radius 2 is 2.22 bits per heavy atom. The van der Waals surface area contributed by atoms with Gasteiger partial charge in [-0.2, -0.15) is 4.98 Å². The molecule has 0 spiro atoms. The van der Waals surface area contributed by atoms with Crippen molar-refractivity contribution in [3.63, 3.8) is 0 Å². The molecule has 18 heavy (non-hydrogen) atoms. The summed E-state index contributed by atoms with van der Waals surface area (Å²) in [6.07, 6.45) is 2.90. The van der Waals surface area contributed by atoms with Crippen LogP contribution in [-0.4, -0.2) is 42.4 Å². The van der Waals surface area contributed by atoms with Gasteiger partial charge in [0.15, 0.2) is 5.65 Å². The van der Waals surface area contributed by atoms with Crippen LogP contribution < -0.4 is 10.0 Å². The quantitative estimate of drug-likeness (QED) is 0.776. The van der Waals surface area contributed by atoms with Gasteiger partial charge in [0.25, 0.3) is 0 Å². The van der Waals surface area contributed by atoms with E-state index in [1.54, 1.807) is 10.7 Å². The van der Waals surface area contributed by atoms with Crippen molar-refractivity contribution in [1.29, 1.82) is 0 Å². The third kappa shape index (κ3) is 3.40. The van der Waals surface area contributed by atoms with E-state index in [9.17, 15) is 8.42 Å². The second-order valence-corrected chi connectivity index (χ2v) is 6.34. The van der Waals surface area contributed by atoms with Crippen molar-refractivity contribution in [2.75, 3.05) is 24.7 Å². The largest absolute Gasteiger partial charge is 0.352 e. The molecule has 0 aliphatic carbocycles. The molecule has 0 amide bonds. The molecule has 0 fully saturated rings. The summed E-state index contributed by atoms with van der Waals surface area (Å²) in [5, 5.41) is 7.14. The number of sulfonamides is 1. The molecule has 2 heterocycles. The van der Waals surface area contributed by atoms with Crippen LogP contribution in [0.1, 0.15) is 0 Å². The van der Waals surface area contributed by atoms with Crippen LogP contribution in [-0.2, 0) is 10.0 Å². The minimum atomic E-state index is -3.15. The number of aromatic nitrogens is 3. The molecular weight excluding hydrogens is 322 g/mol. The Kier molecular flexibility index (Phi) is 3.83. The monoisotopic (exact) mass is 333 g/mol. The maximum absolute atomic E-state index is 10.8. The lowest BCUT2D eigenvalue weighted by atomic mass is 10.5. The highest BCUT2D eigenvalue weighted by atomic mass is 79.9. The van der Waals surface area contributed by atoms with Gasteiger partial charge in [-0.15, -0.1) is 5.10 Å². The molecule has 7 nitrogen and oxygen atoms in total. The number of rotatable bonds is 5. The molecule has 98 valence electrons. The van der Waals surface area contributed by atoms with Crippen molar-refractivity contribution < 1.29 is 8.42 Å². The Bertz CT molecular complexity index is 654. The number of pyridine rings is 1. The highest BCUT2D eigenvalue weighted by molar-refractivity contribution is 9.10. The zero-order valence-corrected chi connectivity index (χ0v) is 12.0. The van der Waals surface area contributed by atoms with Gasteiger partial charge in [0.1, 0.15) is 0 Å². The Balaban J connectivity index is 1.98. The second-order valence-electron chi connectivity index (χ2n) is 3.65. The fourth-order valence-corrected chi connectivity index (χ4v) is 2.26. The Morgan fingerprint density at radius 1 is 1.44 bits per heavy atom. The van der Waals surface area contributed by atoms with Crippen molar-refractivity contribution in [3.05, 3.63) is 22.8 Å². The Morgan fingerprint density at radius 3 is 2.89 bits per heavy atom. The van der Waals surface area contributed by atoms with Gasteiger partial charge in [-0.1, -0.05) is 0 Å². The van der Waals surface area contributed by atoms with E-state index in [-0.39, 0.29) is 6.54 Å². The SMILES string of the molecule is CS(=O)(=O)NCCNc1nc2c(Br)cccn2n1. The predicted molar refractivity (Wildman–Crippen MR) is 72.0 cm³/mol. The smallest absolute Gasteiger partial charge is 0.243 e. The highest BCUT2D eigenvalue weighted by Gasteiger charge is 2.05. The molecule has 0 saturated heterocycles. The van der Waals surface area contributed by atoms with Gasteiger partial charge < -0.3 is 5.32 Å². The minimum absolute atomic E-state index is 0.287. The number of hydrogen-bond acceptors (Lipinski definition) is 5. The summed E-state index contributed by atoms with van der Waals surface area (Å²) in [4.78, 5) is 4.26. The molecule has 2 aromatic rings. The van der Waals surface area contributed by atoms with Gasteiger partial charge in [0, 0.05) is 19.3 Å². The van der Waals surface area contributed by atoms with E-state index >= 15 is 0 Å². The first-order valence-electron chi connectivity index (χ1n) is 5.15. The molecule has 2 N–H and O–H groups in total. The summed E-state index contributed by atoms with van der Waals surface area (Å²) in [6.45, 7) is 0.705. The molecule has 0 saturated carbocycles. The molecule has 0 radical (unpaired) electrons. The number of anilines is 1. The van der Waals surface area contributed by atoms with Crippen LogP contribution in [0.5, 0.6) is 0 Å². The van der Waals surface area contributed by atoms with Crippen molar-refractivity contribution in [2.24, 2.45) is 0 Å². The van der Waals surface area contributed by atoms with E-state index in [1.165, 1.54) is 0 Å². The number of fused-ring (bicyclic) bond motifs is 1. The lowest BCUT2D eigenvalue weighted by Gasteiger charge is -2.01. The molecule has 0 bridgehead atoms. The van der Waals surface area contributed by atoms with Gasteiger partial charge in [-0.25, -0.2) is 17.7 Å². The summed E-state index contributed by atoms with van der Waals surface area (Å²) in [7, 11) is -3.15. The first-order valence-corrected chi connectivity index (χ1v) is 7.83. The third-order valence-corrected chi connectivity index (χ3v) is 3.43. The summed E-state index contributed by atoms with van der Waals surface area (Å²) in [6, 6.07) is 3.72. The maximum atomic E-state index is 10.8. The minimum Gasteiger partial charge on any atom is -0.352 e. The molecule has 2 aromatic heterocycles. The lowest BCUT2D eigenvalue weighted by molar-refractivity contribution is 0.589. The number of hydrogen-bond donors (Lipinski definition) is 2. The van der Waals surface area contributed by atoms with Crippen LogP contribution >= 0.6 is 15.9 Å². The summed E-state index contributed by atoms with van der Waals surface area (Å²) >= 11 is 3.38. The van der Waals surface area contributed by atoms with Gasteiger partial charge in [0.2, 0.25) is 16.0 Å². The van der Waals surface area contributed by atoms with Gasteiger partial charge in [-0.3, -0.25) is 0 Å². The average molecular weight is 334 g/mol. The molecule has 0 aromatic carbocycles. The fraction of sp³-hybridized carbons (Fsp3) is 0.333. The van der Waals surface area contributed by atoms with Crippen LogP contribution in [0.15, 0.2) is 22.8 Å². The van der Waals surface area contributed by atoms with Gasteiger partial charge in [0.05, 0.1) is 10.7 Å². The van der Waals surface area contributed by atoms with Crippen LogP contribution in [0.25, 0.3) is 5.65 Å². The van der Waals surface area contributed by atoms with Crippen LogP contribution in [0.4, 0.5) is 5.95 Å². The van der Waals surface area contributed by atoms with E-state index < -0.39 is 10.0 Å². The molecule has 0 atom stereocenters. The van der Waals surface area contributed by atoms with Crippen molar-refractivity contribution >= 4 is 37.5 Å². The van der Waals surface area contributed by atoms with Gasteiger partial charge in [-0.05, 0) is 28.1 Å². The molecule has 0 aliphatic rings. The molecule has 0 unspecified atom stereocenters. The predicted octanol–water partition coefficient (Wildman–Crippen LogP) is 0.453. The van der Waals surface area contributed by atoms with E-state index in [1.807, 2.05) is 12.1 Å². The topological polar surface area (TPSA) is 88.4 Å². The maximum Gasteiger partial charge on any atom is 0.243 e. The Hall–Kier alpha value is -1.19. The van der Waals surface area contributed by atoms with Gasteiger partial charge >= 0.3 is 0 Å². The molecule has 9 heteroatoms. The van der Waals surface area contributed by atoms with Crippen molar-refractivity contribution in [1.82, 2.24) is 19.3 Å². The zero-order chi connectivity index (χ0) is 13.2. The molecule has 0 aliphatic heterocycles. The first-order chi connectivity index (χ1) is 8.46. The highest BCUT2D eigenvalue weighted by Crippen LogP contribution is 2.16. The molecular formula is C9H12BrN5O2S. The van der Waals surface area contributed by atoms with Crippen LogP contribution in [0.2, 0.25) is 0 Å². The summed E-state index contributed by atoms with van der Waals surface area (Å²) in [5.74, 6) is 0.456. The molecule has 2 rings (SSSR count). The zero-order valence-electron chi connectivity index (χ0n) is 9.59. The van der Waals surface area contributed by atoms with Crippen LogP contribution in [0, 0.1) is 0 Å². The number of nitrogens with one attached hydrogen (secondary N) is 2. The third-order valence-electron chi connectivity index (χ3n) is 2.09. The van der Waals surface area contributed by atoms with Crippen molar-refractivity contribution in [2.45, 2.75) is 0 Å². The lowest BCUT2D eigenvalue weighted by Crippen LogP contribution is -2.27. The van der Waals surface area contributed by atoms with E-state index in [0.29, 0.717) is 18.1 Å². The van der Waals surface area contributed by atoms with Crippen LogP contribution in [0.3, 0.4) is 0 Å². The summed E-state index contributed by atoms with van der Waals surface area (Å²) in [5.41, 5.74) is 0.705. The normalized spacial score (nSPS) is 11.9. The van der Waals surface area contributed by atoms with E-state index in [0.717, 1.165) is 10.7 Å². The number of nitrogens with zero attached hydrogens (tertiary/aromatic N) is 3. The van der Waals surface area contributed by atoms with E-state index in [2.05, 4.69) is 36.1 Å². The Labute approximate surface area is 113 Å². The standard InChI is InChI=1S/C9H12BrN5O2S/c1-18(16,17)12-5-4-11-9-13-8-7(10)3-2-6-15(8)14-9/h2-3,6,12H,4-5H2,1H3,(H,11,14). The number of halogens is 1. The fourth-order valence-electron chi connectivity index (χ4n) is 1.36.